The van der Waals surface area contributed by atoms with E-state index in [2.05, 4.69) is 17.3 Å². The van der Waals surface area contributed by atoms with Gasteiger partial charge in [0, 0.05) is 17.5 Å². The van der Waals surface area contributed by atoms with Crippen molar-refractivity contribution in [2.75, 3.05) is 11.4 Å². The van der Waals surface area contributed by atoms with Gasteiger partial charge < -0.3 is 9.64 Å². The van der Waals surface area contributed by atoms with Crippen LogP contribution in [0.1, 0.15) is 32.2 Å². The monoisotopic (exact) mass is 316 g/mol. The van der Waals surface area contributed by atoms with Gasteiger partial charge in [0.05, 0.1) is 16.4 Å². The number of carbonyl (C=O) groups excluding carboxylic acids is 1. The predicted molar refractivity (Wildman–Crippen MR) is 89.7 cm³/mol. The smallest absolute Gasteiger partial charge is 0.267 e. The molecule has 5 heteroatoms. The number of aromatic nitrogens is 1. The van der Waals surface area contributed by atoms with Gasteiger partial charge in [-0.15, -0.1) is 11.3 Å². The summed E-state index contributed by atoms with van der Waals surface area (Å²) in [5.41, 5.74) is 2.84. The van der Waals surface area contributed by atoms with Crippen molar-refractivity contribution in [2.45, 2.75) is 39.7 Å². The predicted octanol–water partition coefficient (Wildman–Crippen LogP) is 3.90. The minimum atomic E-state index is -0.422. The molecule has 1 atom stereocenters. The lowest BCUT2D eigenvalue weighted by molar-refractivity contribution is -0.125. The number of nitrogens with zero attached hydrogens (tertiary/aromatic N) is 2. The van der Waals surface area contributed by atoms with Gasteiger partial charge in [0.15, 0.2) is 6.10 Å². The summed E-state index contributed by atoms with van der Waals surface area (Å²) in [6.07, 6.45) is 1.69. The maximum Gasteiger partial charge on any atom is 0.267 e. The molecule has 4 nitrogen and oxygen atoms in total. The first kappa shape index (κ1) is 15.0. The van der Waals surface area contributed by atoms with Gasteiger partial charge in [-0.1, -0.05) is 6.92 Å². The second-order valence-electron chi connectivity index (χ2n) is 5.40. The largest absolute Gasteiger partial charge is 0.479 e. The van der Waals surface area contributed by atoms with Crippen LogP contribution in [0.5, 0.6) is 5.75 Å². The first-order valence-corrected chi connectivity index (χ1v) is 8.58. The molecule has 1 aliphatic heterocycles. The van der Waals surface area contributed by atoms with Crippen LogP contribution in [0.3, 0.4) is 0 Å². The molecular weight excluding hydrogens is 296 g/mol. The molecule has 2 heterocycles. The van der Waals surface area contributed by atoms with Gasteiger partial charge in [-0.05, 0) is 44.9 Å². The molecule has 0 saturated carbocycles. The Kier molecular flexibility index (Phi) is 4.16. The van der Waals surface area contributed by atoms with E-state index in [0.717, 1.165) is 40.5 Å². The normalized spacial score (nSPS) is 17.3. The fraction of sp³-hybridized carbons (Fsp3) is 0.412. The number of hydrogen-bond acceptors (Lipinski definition) is 4. The van der Waals surface area contributed by atoms with E-state index in [-0.39, 0.29) is 5.91 Å². The molecule has 0 spiro atoms. The first-order chi connectivity index (χ1) is 10.6. The van der Waals surface area contributed by atoms with Crippen LogP contribution < -0.4 is 9.64 Å². The number of fused-ring (bicyclic) bond motifs is 1. The van der Waals surface area contributed by atoms with Crippen molar-refractivity contribution >= 4 is 22.9 Å². The van der Waals surface area contributed by atoms with E-state index in [4.69, 9.17) is 4.74 Å². The highest BCUT2D eigenvalue weighted by molar-refractivity contribution is 7.09. The molecule has 0 aliphatic carbocycles. The summed E-state index contributed by atoms with van der Waals surface area (Å²) in [7, 11) is 0. The van der Waals surface area contributed by atoms with E-state index < -0.39 is 6.10 Å². The number of carbonyl (C=O) groups is 1. The van der Waals surface area contributed by atoms with Crippen molar-refractivity contribution in [3.63, 3.8) is 0 Å². The summed E-state index contributed by atoms with van der Waals surface area (Å²) >= 11 is 1.69. The second kappa shape index (κ2) is 6.08. The molecule has 1 aromatic heterocycles. The highest BCUT2D eigenvalue weighted by Crippen LogP contribution is 2.37. The number of hydrogen-bond donors (Lipinski definition) is 0. The molecule has 0 N–H and O–H groups in total. The number of benzene rings is 1. The van der Waals surface area contributed by atoms with Crippen molar-refractivity contribution < 1.29 is 9.53 Å². The third kappa shape index (κ3) is 2.61. The molecule has 1 aromatic carbocycles. The number of ether oxygens (including phenoxy) is 1. The Hall–Kier alpha value is -1.88. The van der Waals surface area contributed by atoms with E-state index in [1.54, 1.807) is 23.2 Å². The minimum absolute atomic E-state index is 0.0112. The zero-order valence-electron chi connectivity index (χ0n) is 13.1. The van der Waals surface area contributed by atoms with Crippen LogP contribution in [0, 0.1) is 0 Å². The third-order valence-corrected chi connectivity index (χ3v) is 4.70. The molecule has 1 unspecified atom stereocenters. The van der Waals surface area contributed by atoms with Gasteiger partial charge in [0.1, 0.15) is 5.75 Å². The van der Waals surface area contributed by atoms with Crippen LogP contribution in [-0.4, -0.2) is 23.5 Å². The van der Waals surface area contributed by atoms with Gasteiger partial charge in [-0.2, -0.15) is 0 Å². The number of amides is 1. The molecule has 116 valence electrons. The summed E-state index contributed by atoms with van der Waals surface area (Å²) in [5.74, 6) is 0.777. The Balaban J connectivity index is 1.98. The third-order valence-electron chi connectivity index (χ3n) is 3.79. The summed E-state index contributed by atoms with van der Waals surface area (Å²) < 4.78 is 5.70. The Morgan fingerprint density at radius 2 is 2.18 bits per heavy atom. The number of aryl methyl sites for hydroxylation is 1. The molecular formula is C17H20N2O2S. The van der Waals surface area contributed by atoms with E-state index in [9.17, 15) is 4.79 Å². The number of likely N-dealkylation sites (N-methyl/N-ethyl adjacent to an activating group) is 1. The minimum Gasteiger partial charge on any atom is -0.479 e. The highest BCUT2D eigenvalue weighted by Gasteiger charge is 2.30. The Bertz CT molecular complexity index is 696. The van der Waals surface area contributed by atoms with Gasteiger partial charge in [-0.3, -0.25) is 4.79 Å². The number of anilines is 1. The second-order valence-corrected chi connectivity index (χ2v) is 6.34. The van der Waals surface area contributed by atoms with Gasteiger partial charge >= 0.3 is 0 Å². The lowest BCUT2D eigenvalue weighted by Crippen LogP contribution is -2.44. The van der Waals surface area contributed by atoms with E-state index in [0.29, 0.717) is 6.54 Å². The van der Waals surface area contributed by atoms with Crippen LogP contribution in [-0.2, 0) is 11.2 Å². The molecule has 0 saturated heterocycles. The average Bonchev–Trinajstić information content (AvgIpc) is 2.97. The highest BCUT2D eigenvalue weighted by atomic mass is 32.1. The van der Waals surface area contributed by atoms with Crippen LogP contribution in [0.15, 0.2) is 23.6 Å². The molecule has 0 bridgehead atoms. The Morgan fingerprint density at radius 1 is 1.36 bits per heavy atom. The topological polar surface area (TPSA) is 42.4 Å². The molecule has 2 aromatic rings. The molecule has 0 fully saturated rings. The molecule has 1 amide bonds. The summed E-state index contributed by atoms with van der Waals surface area (Å²) in [6.45, 7) is 6.57. The number of thiazole rings is 1. The molecule has 1 aliphatic rings. The average molecular weight is 316 g/mol. The summed E-state index contributed by atoms with van der Waals surface area (Å²) in [4.78, 5) is 18.7. The van der Waals surface area contributed by atoms with Crippen molar-refractivity contribution in [1.82, 2.24) is 4.98 Å². The van der Waals surface area contributed by atoms with Crippen molar-refractivity contribution in [2.24, 2.45) is 0 Å². The molecule has 22 heavy (non-hydrogen) atoms. The zero-order chi connectivity index (χ0) is 15.7. The quantitative estimate of drug-likeness (QED) is 0.859. The zero-order valence-corrected chi connectivity index (χ0v) is 13.9. The van der Waals surface area contributed by atoms with Crippen LogP contribution in [0.4, 0.5) is 5.69 Å². The lowest BCUT2D eigenvalue weighted by Gasteiger charge is -2.32. The molecule has 3 rings (SSSR count). The maximum atomic E-state index is 12.2. The fourth-order valence-electron chi connectivity index (χ4n) is 2.66. The summed E-state index contributed by atoms with van der Waals surface area (Å²) in [5, 5.41) is 3.24. The standard InChI is InChI=1S/C17H20N2O2S/c1-4-6-16-18-13(10-22-16)12-7-8-15-14(9-12)19(5-2)17(20)11(3)21-15/h7-11H,4-6H2,1-3H3. The van der Waals surface area contributed by atoms with Crippen LogP contribution in [0.2, 0.25) is 0 Å². The van der Waals surface area contributed by atoms with E-state index in [1.807, 2.05) is 25.1 Å². The first-order valence-electron chi connectivity index (χ1n) is 7.70. The van der Waals surface area contributed by atoms with Crippen LogP contribution in [0.25, 0.3) is 11.3 Å². The van der Waals surface area contributed by atoms with Gasteiger partial charge in [0.25, 0.3) is 5.91 Å². The fourth-order valence-corrected chi connectivity index (χ4v) is 3.57. The molecule has 0 radical (unpaired) electrons. The van der Waals surface area contributed by atoms with Crippen molar-refractivity contribution in [1.29, 1.82) is 0 Å². The Labute approximate surface area is 134 Å². The maximum absolute atomic E-state index is 12.2. The van der Waals surface area contributed by atoms with Crippen molar-refractivity contribution in [3.8, 4) is 17.0 Å². The summed E-state index contributed by atoms with van der Waals surface area (Å²) in [6, 6.07) is 5.96. The van der Waals surface area contributed by atoms with Crippen molar-refractivity contribution in [3.05, 3.63) is 28.6 Å². The van der Waals surface area contributed by atoms with E-state index in [1.165, 1.54) is 0 Å². The lowest BCUT2D eigenvalue weighted by atomic mass is 10.1. The SMILES string of the molecule is CCCc1nc(-c2ccc3c(c2)N(CC)C(=O)C(C)O3)cs1. The van der Waals surface area contributed by atoms with E-state index >= 15 is 0 Å². The number of rotatable bonds is 4. The van der Waals surface area contributed by atoms with Crippen LogP contribution >= 0.6 is 11.3 Å². The van der Waals surface area contributed by atoms with Gasteiger partial charge in [0.2, 0.25) is 0 Å². The Morgan fingerprint density at radius 3 is 2.91 bits per heavy atom. The van der Waals surface area contributed by atoms with Gasteiger partial charge in [-0.25, -0.2) is 4.98 Å².